The Hall–Kier alpha value is -2.21. The summed E-state index contributed by atoms with van der Waals surface area (Å²) in [4.78, 5) is 0. The molecule has 0 unspecified atom stereocenters. The highest BCUT2D eigenvalue weighted by Gasteiger charge is 2.21. The Kier molecular flexibility index (Phi) is 3.25. The Balaban J connectivity index is 2.30. The van der Waals surface area contributed by atoms with Crippen LogP contribution in [0.5, 0.6) is 0 Å². The van der Waals surface area contributed by atoms with Crippen LogP contribution in [0.2, 0.25) is 0 Å². The number of nitrogen functional groups attached to an aromatic ring is 1. The van der Waals surface area contributed by atoms with Crippen molar-refractivity contribution in [3.05, 3.63) is 46.2 Å². The van der Waals surface area contributed by atoms with Gasteiger partial charge in [0.1, 0.15) is 23.1 Å². The van der Waals surface area contributed by atoms with Gasteiger partial charge in [-0.05, 0) is 30.0 Å². The van der Waals surface area contributed by atoms with E-state index in [1.807, 2.05) is 17.7 Å². The first-order chi connectivity index (χ1) is 9.99. The van der Waals surface area contributed by atoms with Crippen molar-refractivity contribution in [3.8, 4) is 22.4 Å². The van der Waals surface area contributed by atoms with Gasteiger partial charge in [0.25, 0.3) is 0 Å². The molecule has 0 aliphatic heterocycles. The quantitative estimate of drug-likeness (QED) is 0.778. The number of aryl methyl sites for hydroxylation is 2. The van der Waals surface area contributed by atoms with E-state index in [0.29, 0.717) is 17.1 Å². The lowest BCUT2D eigenvalue weighted by molar-refractivity contribution is 0.585. The highest BCUT2D eigenvalue weighted by molar-refractivity contribution is 7.08. The van der Waals surface area contributed by atoms with Crippen LogP contribution < -0.4 is 5.73 Å². The summed E-state index contributed by atoms with van der Waals surface area (Å²) in [6.07, 6.45) is 0. The van der Waals surface area contributed by atoms with Crippen LogP contribution in [0.4, 0.5) is 14.6 Å². The molecule has 6 heteroatoms. The predicted octanol–water partition coefficient (Wildman–Crippen LogP) is 3.98. The number of rotatable bonds is 2. The van der Waals surface area contributed by atoms with Gasteiger partial charge in [0.05, 0.1) is 5.56 Å². The van der Waals surface area contributed by atoms with Crippen molar-refractivity contribution in [1.82, 2.24) is 9.78 Å². The van der Waals surface area contributed by atoms with E-state index in [9.17, 15) is 8.78 Å². The van der Waals surface area contributed by atoms with Gasteiger partial charge in [0.2, 0.25) is 0 Å². The topological polar surface area (TPSA) is 43.8 Å². The maximum Gasteiger partial charge on any atom is 0.134 e. The number of hydrogen-bond acceptors (Lipinski definition) is 3. The van der Waals surface area contributed by atoms with E-state index in [1.54, 1.807) is 18.4 Å². The SMILES string of the molecule is Cc1cscc1-c1nn(C)c(N)c1-c1ccc(F)cc1F. The zero-order valence-corrected chi connectivity index (χ0v) is 12.3. The Bertz CT molecular complexity index is 820. The molecule has 0 saturated carbocycles. The molecule has 0 bridgehead atoms. The van der Waals surface area contributed by atoms with E-state index in [0.717, 1.165) is 17.2 Å². The summed E-state index contributed by atoms with van der Waals surface area (Å²) in [5.41, 5.74) is 9.35. The van der Waals surface area contributed by atoms with Crippen LogP contribution in [0, 0.1) is 18.6 Å². The summed E-state index contributed by atoms with van der Waals surface area (Å²) in [7, 11) is 1.70. The molecule has 3 aromatic rings. The molecule has 0 atom stereocenters. The number of anilines is 1. The third kappa shape index (κ3) is 2.21. The number of aromatic nitrogens is 2. The molecule has 3 nitrogen and oxygen atoms in total. The lowest BCUT2D eigenvalue weighted by atomic mass is 10.00. The normalized spacial score (nSPS) is 11.0. The fourth-order valence-electron chi connectivity index (χ4n) is 2.29. The second kappa shape index (κ2) is 4.96. The molecule has 21 heavy (non-hydrogen) atoms. The summed E-state index contributed by atoms with van der Waals surface area (Å²) >= 11 is 1.54. The molecule has 2 N–H and O–H groups in total. The van der Waals surface area contributed by atoms with E-state index in [1.165, 1.54) is 16.8 Å². The Labute approximate surface area is 124 Å². The lowest BCUT2D eigenvalue weighted by Crippen LogP contribution is -1.98. The third-order valence-electron chi connectivity index (χ3n) is 3.40. The highest BCUT2D eigenvalue weighted by Crippen LogP contribution is 2.39. The van der Waals surface area contributed by atoms with Gasteiger partial charge >= 0.3 is 0 Å². The molecule has 0 saturated heterocycles. The van der Waals surface area contributed by atoms with Crippen molar-refractivity contribution in [1.29, 1.82) is 0 Å². The monoisotopic (exact) mass is 305 g/mol. The van der Waals surface area contributed by atoms with E-state index in [4.69, 9.17) is 5.73 Å². The van der Waals surface area contributed by atoms with Crippen LogP contribution in [0.3, 0.4) is 0 Å². The Morgan fingerprint density at radius 2 is 1.95 bits per heavy atom. The Morgan fingerprint density at radius 1 is 1.19 bits per heavy atom. The standard InChI is InChI=1S/C15H13F2N3S/c1-8-6-21-7-11(8)14-13(15(18)20(2)19-14)10-4-3-9(16)5-12(10)17/h3-7H,18H2,1-2H3. The lowest BCUT2D eigenvalue weighted by Gasteiger charge is -2.06. The van der Waals surface area contributed by atoms with Crippen molar-refractivity contribution in [2.24, 2.45) is 7.05 Å². The van der Waals surface area contributed by atoms with Gasteiger partial charge in [-0.15, -0.1) is 0 Å². The van der Waals surface area contributed by atoms with Gasteiger partial charge in [-0.3, -0.25) is 4.68 Å². The Morgan fingerprint density at radius 3 is 2.57 bits per heavy atom. The van der Waals surface area contributed by atoms with Crippen LogP contribution in [-0.4, -0.2) is 9.78 Å². The van der Waals surface area contributed by atoms with Crippen molar-refractivity contribution >= 4 is 17.2 Å². The first-order valence-corrected chi connectivity index (χ1v) is 7.24. The predicted molar refractivity (Wildman–Crippen MR) is 81.0 cm³/mol. The molecule has 0 amide bonds. The number of nitrogens with two attached hydrogens (primary N) is 1. The molecule has 2 heterocycles. The molecule has 1 aromatic carbocycles. The van der Waals surface area contributed by atoms with E-state index in [2.05, 4.69) is 5.10 Å². The zero-order valence-electron chi connectivity index (χ0n) is 11.5. The molecule has 0 aliphatic carbocycles. The van der Waals surface area contributed by atoms with Gasteiger partial charge < -0.3 is 5.73 Å². The van der Waals surface area contributed by atoms with Gasteiger partial charge in [0.15, 0.2) is 0 Å². The van der Waals surface area contributed by atoms with Crippen molar-refractivity contribution in [2.45, 2.75) is 6.92 Å². The van der Waals surface area contributed by atoms with Crippen LogP contribution >= 0.6 is 11.3 Å². The minimum atomic E-state index is -0.649. The number of thiophene rings is 1. The maximum atomic E-state index is 14.1. The van der Waals surface area contributed by atoms with Crippen LogP contribution in [0.25, 0.3) is 22.4 Å². The summed E-state index contributed by atoms with van der Waals surface area (Å²) in [5.74, 6) is -0.920. The zero-order chi connectivity index (χ0) is 15.1. The number of halogens is 2. The molecular weight excluding hydrogens is 292 g/mol. The van der Waals surface area contributed by atoms with Crippen LogP contribution in [0.15, 0.2) is 29.0 Å². The summed E-state index contributed by atoms with van der Waals surface area (Å²) in [6.45, 7) is 1.96. The molecular formula is C15H13F2N3S. The number of hydrogen-bond donors (Lipinski definition) is 1. The van der Waals surface area contributed by atoms with Crippen molar-refractivity contribution in [3.63, 3.8) is 0 Å². The molecule has 108 valence electrons. The summed E-state index contributed by atoms with van der Waals surface area (Å²) in [6, 6.07) is 3.46. The van der Waals surface area contributed by atoms with E-state index in [-0.39, 0.29) is 5.56 Å². The van der Waals surface area contributed by atoms with Gasteiger partial charge in [0, 0.05) is 29.6 Å². The van der Waals surface area contributed by atoms with E-state index >= 15 is 0 Å². The molecule has 3 rings (SSSR count). The molecule has 0 fully saturated rings. The fraction of sp³-hybridized carbons (Fsp3) is 0.133. The second-order valence-electron chi connectivity index (χ2n) is 4.83. The minimum absolute atomic E-state index is 0.252. The van der Waals surface area contributed by atoms with Gasteiger partial charge in [-0.25, -0.2) is 8.78 Å². The highest BCUT2D eigenvalue weighted by atomic mass is 32.1. The molecule has 2 aromatic heterocycles. The molecule has 0 spiro atoms. The second-order valence-corrected chi connectivity index (χ2v) is 5.57. The minimum Gasteiger partial charge on any atom is -0.383 e. The van der Waals surface area contributed by atoms with Crippen LogP contribution in [-0.2, 0) is 7.05 Å². The summed E-state index contributed by atoms with van der Waals surface area (Å²) in [5, 5.41) is 8.33. The average Bonchev–Trinajstić information content (AvgIpc) is 2.96. The summed E-state index contributed by atoms with van der Waals surface area (Å²) < 4.78 is 28.7. The van der Waals surface area contributed by atoms with Gasteiger partial charge in [-0.1, -0.05) is 0 Å². The first kappa shape index (κ1) is 13.8. The van der Waals surface area contributed by atoms with Crippen molar-refractivity contribution < 1.29 is 8.78 Å². The van der Waals surface area contributed by atoms with Gasteiger partial charge in [-0.2, -0.15) is 16.4 Å². The van der Waals surface area contributed by atoms with Crippen molar-refractivity contribution in [2.75, 3.05) is 5.73 Å². The largest absolute Gasteiger partial charge is 0.383 e. The maximum absolute atomic E-state index is 14.1. The first-order valence-electron chi connectivity index (χ1n) is 6.30. The van der Waals surface area contributed by atoms with E-state index < -0.39 is 11.6 Å². The van der Waals surface area contributed by atoms with Crippen LogP contribution in [0.1, 0.15) is 5.56 Å². The average molecular weight is 305 g/mol. The number of nitrogens with zero attached hydrogens (tertiary/aromatic N) is 2. The smallest absolute Gasteiger partial charge is 0.134 e. The fourth-order valence-corrected chi connectivity index (χ4v) is 3.12. The number of benzene rings is 1. The molecule has 0 radical (unpaired) electrons. The molecule has 0 aliphatic rings. The third-order valence-corrected chi connectivity index (χ3v) is 4.26.